The number of benzene rings is 1. The third kappa shape index (κ3) is 5.10. The minimum absolute atomic E-state index is 0.0643. The van der Waals surface area contributed by atoms with E-state index in [0.29, 0.717) is 0 Å². The monoisotopic (exact) mass is 541 g/mol. The van der Waals surface area contributed by atoms with E-state index in [2.05, 4.69) is 0 Å². The summed E-state index contributed by atoms with van der Waals surface area (Å²) >= 11 is 0. The van der Waals surface area contributed by atoms with Crippen molar-refractivity contribution in [2.24, 2.45) is 0 Å². The molecule has 204 valence electrons. The Balaban J connectivity index is 2.11. The molecule has 9 nitrogen and oxygen atoms in total. The molecule has 0 aromatic heterocycles. The Morgan fingerprint density at radius 3 is 2.06 bits per heavy atom. The first-order chi connectivity index (χ1) is 16.4. The van der Waals surface area contributed by atoms with Gasteiger partial charge in [-0.15, -0.1) is 0 Å². The summed E-state index contributed by atoms with van der Waals surface area (Å²) in [7, 11) is -4.99. The minimum atomic E-state index is -2.60. The third-order valence-corrected chi connectivity index (χ3v) is 13.2. The highest BCUT2D eigenvalue weighted by molar-refractivity contribution is 6.74. The summed E-state index contributed by atoms with van der Waals surface area (Å²) in [6.45, 7) is 15.2. The largest absolute Gasteiger partial charge is 0.409 e. The van der Waals surface area contributed by atoms with Crippen LogP contribution in [0.2, 0.25) is 37.8 Å². The first-order valence-electron chi connectivity index (χ1n) is 12.5. The molecular formula is C25H43NO8Si2. The number of hydrogen-bond acceptors (Lipinski definition) is 8. The molecule has 1 aromatic rings. The number of amides is 1. The van der Waals surface area contributed by atoms with Gasteiger partial charge >= 0.3 is 0 Å². The molecule has 1 aliphatic carbocycles. The number of β-lactam (4-membered cyclic amide) rings is 1. The van der Waals surface area contributed by atoms with Crippen molar-refractivity contribution in [3.05, 3.63) is 35.9 Å². The maximum absolute atomic E-state index is 12.9. The number of carbonyl (C=O) groups is 1. The highest BCUT2D eigenvalue weighted by atomic mass is 28.4. The lowest BCUT2D eigenvalue weighted by Crippen LogP contribution is -2.87. The fourth-order valence-corrected chi connectivity index (χ4v) is 7.07. The van der Waals surface area contributed by atoms with Gasteiger partial charge in [0.25, 0.3) is 0 Å². The molecule has 1 aromatic carbocycles. The summed E-state index contributed by atoms with van der Waals surface area (Å²) in [6.07, 6.45) is -5.89. The van der Waals surface area contributed by atoms with Gasteiger partial charge in [0.1, 0.15) is 42.2 Å². The Hall–Kier alpha value is -1.16. The van der Waals surface area contributed by atoms with Gasteiger partial charge in [0.05, 0.1) is 13.0 Å². The topological polar surface area (TPSA) is 129 Å². The molecule has 36 heavy (non-hydrogen) atoms. The molecule has 1 saturated heterocycles. The van der Waals surface area contributed by atoms with Gasteiger partial charge in [-0.2, -0.15) is 0 Å². The van der Waals surface area contributed by atoms with Gasteiger partial charge in [-0.3, -0.25) is 9.63 Å². The van der Waals surface area contributed by atoms with Crippen molar-refractivity contribution in [1.29, 1.82) is 0 Å². The summed E-state index contributed by atoms with van der Waals surface area (Å²) < 4.78 is 13.2. The van der Waals surface area contributed by atoms with E-state index in [4.69, 9.17) is 13.7 Å². The number of nitrogens with zero attached hydrogens (tertiary/aromatic N) is 1. The Bertz CT molecular complexity index is 934. The van der Waals surface area contributed by atoms with Crippen molar-refractivity contribution in [2.75, 3.05) is 6.61 Å². The van der Waals surface area contributed by atoms with Crippen LogP contribution in [0, 0.1) is 0 Å². The molecule has 0 radical (unpaired) electrons. The Kier molecular flexibility index (Phi) is 8.05. The standard InChI is InChI=1S/C25H43NO8Si2/c1-23(2,3)36(7,8)34-22-21(33-35(4,5)6)24(19(29)20(30)25(22,31)16-27)14-18(28)26(24)32-15-17-12-10-9-11-13-17/h9-13,19-22,27,29-31H,14-16H2,1-8H3/t19-,20+,21-,22+,24-,25+/m1/s1. The first-order valence-corrected chi connectivity index (χ1v) is 18.8. The molecule has 6 atom stereocenters. The molecule has 1 saturated carbocycles. The van der Waals surface area contributed by atoms with Crippen LogP contribution in [0.15, 0.2) is 30.3 Å². The molecule has 1 amide bonds. The second kappa shape index (κ2) is 9.86. The van der Waals surface area contributed by atoms with E-state index in [-0.39, 0.29) is 24.0 Å². The first kappa shape index (κ1) is 29.4. The number of carbonyl (C=O) groups excluding carboxylic acids is 1. The average Bonchev–Trinajstić information content (AvgIpc) is 2.76. The van der Waals surface area contributed by atoms with E-state index in [0.717, 1.165) is 10.6 Å². The number of rotatable bonds is 8. The van der Waals surface area contributed by atoms with E-state index in [9.17, 15) is 25.2 Å². The van der Waals surface area contributed by atoms with Gasteiger partial charge in [-0.05, 0) is 43.3 Å². The van der Waals surface area contributed by atoms with Crippen molar-refractivity contribution < 1.29 is 38.9 Å². The summed E-state index contributed by atoms with van der Waals surface area (Å²) in [5, 5.41) is 45.4. The molecule has 1 aliphatic heterocycles. The van der Waals surface area contributed by atoms with Crippen LogP contribution in [0.25, 0.3) is 0 Å². The molecular weight excluding hydrogens is 498 g/mol. The normalized spacial score (nSPS) is 33.7. The molecule has 1 spiro atoms. The van der Waals surface area contributed by atoms with Crippen molar-refractivity contribution in [2.45, 2.75) is 107 Å². The van der Waals surface area contributed by atoms with E-state index in [1.165, 1.54) is 0 Å². The second-order valence-corrected chi connectivity index (χ2v) is 21.8. The summed E-state index contributed by atoms with van der Waals surface area (Å²) in [4.78, 5) is 18.8. The predicted molar refractivity (Wildman–Crippen MR) is 140 cm³/mol. The van der Waals surface area contributed by atoms with E-state index < -0.39 is 58.8 Å². The molecule has 2 aliphatic rings. The van der Waals surface area contributed by atoms with E-state index in [1.807, 2.05) is 83.8 Å². The maximum atomic E-state index is 12.9. The number of hydrogen-bond donors (Lipinski definition) is 4. The van der Waals surface area contributed by atoms with Gasteiger partial charge in [-0.1, -0.05) is 51.1 Å². The molecule has 3 rings (SSSR count). The lowest BCUT2D eigenvalue weighted by atomic mass is 9.62. The van der Waals surface area contributed by atoms with E-state index in [1.54, 1.807) is 0 Å². The highest BCUT2D eigenvalue weighted by Crippen LogP contribution is 2.52. The van der Waals surface area contributed by atoms with Crippen molar-refractivity contribution in [3.8, 4) is 0 Å². The summed E-state index contributed by atoms with van der Waals surface area (Å²) in [5.41, 5.74) is -2.89. The fraction of sp³-hybridized carbons (Fsp3) is 0.720. The Morgan fingerprint density at radius 2 is 1.58 bits per heavy atom. The van der Waals surface area contributed by atoms with Crippen molar-refractivity contribution in [3.63, 3.8) is 0 Å². The van der Waals surface area contributed by atoms with Crippen LogP contribution >= 0.6 is 0 Å². The predicted octanol–water partition coefficient (Wildman–Crippen LogP) is 2.16. The van der Waals surface area contributed by atoms with Gasteiger partial charge in [0.2, 0.25) is 5.91 Å². The minimum Gasteiger partial charge on any atom is -0.409 e. The molecule has 0 bridgehead atoms. The van der Waals surface area contributed by atoms with Gasteiger partial charge in [0, 0.05) is 0 Å². The van der Waals surface area contributed by atoms with Crippen LogP contribution < -0.4 is 0 Å². The zero-order chi connectivity index (χ0) is 27.3. The van der Waals surface area contributed by atoms with Crippen LogP contribution in [-0.2, 0) is 25.1 Å². The number of aliphatic hydroxyl groups excluding tert-OH is 3. The van der Waals surface area contributed by atoms with Crippen molar-refractivity contribution >= 4 is 22.5 Å². The van der Waals surface area contributed by atoms with Crippen LogP contribution in [0.4, 0.5) is 0 Å². The maximum Gasteiger partial charge on any atom is 0.249 e. The third-order valence-electron chi connectivity index (χ3n) is 7.79. The molecule has 11 heteroatoms. The summed E-state index contributed by atoms with van der Waals surface area (Å²) in [6, 6.07) is 9.29. The Morgan fingerprint density at radius 1 is 1.00 bits per heavy atom. The lowest BCUT2D eigenvalue weighted by Gasteiger charge is -2.65. The van der Waals surface area contributed by atoms with Gasteiger partial charge < -0.3 is 29.3 Å². The molecule has 0 unspecified atom stereocenters. The van der Waals surface area contributed by atoms with Crippen LogP contribution in [0.5, 0.6) is 0 Å². The SMILES string of the molecule is CC(C)(C)[Si](C)(C)O[C@H]1[C@@H](O[Si](C)(C)C)[C@@]2(CC(=O)N2OCc2ccccc2)[C@H](O)[C@H](O)[C@@]1(O)CO. The fourth-order valence-electron chi connectivity index (χ4n) is 4.67. The smallest absolute Gasteiger partial charge is 0.249 e. The molecule has 2 fully saturated rings. The quantitative estimate of drug-likeness (QED) is 0.291. The second-order valence-electron chi connectivity index (χ2n) is 12.6. The number of aliphatic hydroxyl groups is 4. The lowest BCUT2D eigenvalue weighted by molar-refractivity contribution is -0.353. The van der Waals surface area contributed by atoms with E-state index >= 15 is 0 Å². The summed E-state index contributed by atoms with van der Waals surface area (Å²) in [5.74, 6) is -0.373. The van der Waals surface area contributed by atoms with Crippen LogP contribution in [0.3, 0.4) is 0 Å². The molecule has 4 N–H and O–H groups in total. The Labute approximate surface area is 216 Å². The van der Waals surface area contributed by atoms with Gasteiger partial charge in [0.15, 0.2) is 16.6 Å². The zero-order valence-electron chi connectivity index (χ0n) is 22.7. The average molecular weight is 542 g/mol. The zero-order valence-corrected chi connectivity index (χ0v) is 24.7. The van der Waals surface area contributed by atoms with Crippen LogP contribution in [-0.4, -0.2) is 90.2 Å². The van der Waals surface area contributed by atoms with Crippen LogP contribution in [0.1, 0.15) is 32.8 Å². The van der Waals surface area contributed by atoms with Gasteiger partial charge in [-0.25, -0.2) is 5.06 Å². The molecule has 1 heterocycles. The number of hydroxylamine groups is 2. The van der Waals surface area contributed by atoms with Crippen molar-refractivity contribution in [1.82, 2.24) is 5.06 Å². The highest BCUT2D eigenvalue weighted by Gasteiger charge is 2.74.